The van der Waals surface area contributed by atoms with Crippen LogP contribution < -0.4 is 9.62 Å². The molecule has 5 rings (SSSR count). The first-order valence-corrected chi connectivity index (χ1v) is 14.1. The number of hydrogen-bond donors (Lipinski definition) is 1. The Hall–Kier alpha value is -1.88. The molecular weight excluding hydrogens is 515 g/mol. The largest absolute Gasteiger partial charge is 0.378 e. The summed E-state index contributed by atoms with van der Waals surface area (Å²) >= 11 is 13.8. The second-order valence-electron chi connectivity index (χ2n) is 8.36. The van der Waals surface area contributed by atoms with Gasteiger partial charge in [0.25, 0.3) is 10.0 Å². The molecule has 0 spiro atoms. The minimum absolute atomic E-state index is 0.0966. The van der Waals surface area contributed by atoms with Crippen molar-refractivity contribution in [3.05, 3.63) is 69.7 Å². The molecule has 2 aromatic carbocycles. The minimum atomic E-state index is -3.66. The number of thiazole rings is 1. The summed E-state index contributed by atoms with van der Waals surface area (Å²) in [7, 11) is -3.66. The summed E-state index contributed by atoms with van der Waals surface area (Å²) in [5.41, 5.74) is 2.07. The van der Waals surface area contributed by atoms with Gasteiger partial charge in [0, 0.05) is 53.0 Å². The van der Waals surface area contributed by atoms with Crippen molar-refractivity contribution in [2.75, 3.05) is 42.5 Å². The van der Waals surface area contributed by atoms with E-state index in [4.69, 9.17) is 27.9 Å². The van der Waals surface area contributed by atoms with Crippen LogP contribution in [0.2, 0.25) is 10.0 Å². The number of hydrogen-bond acceptors (Lipinski definition) is 7. The first kappa shape index (κ1) is 23.8. The predicted octanol–water partition coefficient (Wildman–Crippen LogP) is 4.90. The Morgan fingerprint density at radius 3 is 2.56 bits per heavy atom. The summed E-state index contributed by atoms with van der Waals surface area (Å²) in [5.74, 6) is 0. The van der Waals surface area contributed by atoms with Crippen molar-refractivity contribution in [3.8, 4) is 0 Å². The monoisotopic (exact) mass is 538 g/mol. The van der Waals surface area contributed by atoms with Gasteiger partial charge in [-0.15, -0.1) is 11.3 Å². The van der Waals surface area contributed by atoms with Crippen LogP contribution in [0, 0.1) is 0 Å². The molecule has 11 heteroatoms. The highest BCUT2D eigenvalue weighted by Gasteiger charge is 2.35. The lowest BCUT2D eigenvalue weighted by atomic mass is 10.0. The molecule has 3 aromatic rings. The fourth-order valence-electron chi connectivity index (χ4n) is 4.64. The Bertz CT molecular complexity index is 1220. The minimum Gasteiger partial charge on any atom is -0.378 e. The molecule has 180 valence electrons. The van der Waals surface area contributed by atoms with Crippen LogP contribution in [-0.4, -0.2) is 57.2 Å². The number of halogens is 2. The summed E-state index contributed by atoms with van der Waals surface area (Å²) in [6, 6.07) is 13.1. The van der Waals surface area contributed by atoms with E-state index in [2.05, 4.69) is 19.5 Å². The van der Waals surface area contributed by atoms with Gasteiger partial charge in [-0.25, -0.2) is 13.4 Å². The number of rotatable bonds is 6. The molecule has 34 heavy (non-hydrogen) atoms. The van der Waals surface area contributed by atoms with Crippen LogP contribution in [0.4, 0.5) is 10.8 Å². The van der Waals surface area contributed by atoms with E-state index >= 15 is 0 Å². The van der Waals surface area contributed by atoms with E-state index in [-0.39, 0.29) is 10.9 Å². The third kappa shape index (κ3) is 5.19. The molecule has 1 unspecified atom stereocenters. The standard InChI is InChI=1S/C23H24Cl2N4O3S2/c24-17-11-16(12-18(25)13-17)22-15-32-9-8-29(22)20-5-7-28(14-20)19-1-3-21(4-2-19)34(30,31)27-23-26-6-10-33-23/h1-4,6,10-13,20,22H,5,7-9,14-15H2,(H,26,27)/t20-,22?/m0/s1. The first-order valence-electron chi connectivity index (χ1n) is 11.0. The van der Waals surface area contributed by atoms with Gasteiger partial charge in [-0.05, 0) is 54.4 Å². The first-order chi connectivity index (χ1) is 16.4. The lowest BCUT2D eigenvalue weighted by Gasteiger charge is -2.40. The van der Waals surface area contributed by atoms with Crippen LogP contribution in [0.3, 0.4) is 0 Å². The Balaban J connectivity index is 1.28. The van der Waals surface area contributed by atoms with Crippen molar-refractivity contribution >= 4 is 55.4 Å². The van der Waals surface area contributed by atoms with Gasteiger partial charge in [-0.3, -0.25) is 9.62 Å². The molecule has 0 saturated carbocycles. The van der Waals surface area contributed by atoms with Gasteiger partial charge in [0.2, 0.25) is 0 Å². The van der Waals surface area contributed by atoms with Crippen molar-refractivity contribution in [3.63, 3.8) is 0 Å². The number of benzene rings is 2. The van der Waals surface area contributed by atoms with Gasteiger partial charge in [0.1, 0.15) is 0 Å². The smallest absolute Gasteiger partial charge is 0.263 e. The van der Waals surface area contributed by atoms with E-state index in [9.17, 15) is 8.42 Å². The highest BCUT2D eigenvalue weighted by Crippen LogP contribution is 2.34. The van der Waals surface area contributed by atoms with Crippen LogP contribution in [-0.2, 0) is 14.8 Å². The maximum atomic E-state index is 12.6. The molecule has 1 N–H and O–H groups in total. The maximum absolute atomic E-state index is 12.6. The average Bonchev–Trinajstić information content (AvgIpc) is 3.51. The van der Waals surface area contributed by atoms with Crippen LogP contribution >= 0.6 is 34.5 Å². The summed E-state index contributed by atoms with van der Waals surface area (Å²) in [5, 5.41) is 3.33. The number of anilines is 2. The summed E-state index contributed by atoms with van der Waals surface area (Å²) in [6.07, 6.45) is 2.58. The molecule has 0 radical (unpaired) electrons. The van der Waals surface area contributed by atoms with E-state index in [1.54, 1.807) is 29.8 Å². The fraction of sp³-hybridized carbons (Fsp3) is 0.348. The second-order valence-corrected chi connectivity index (χ2v) is 11.8. The van der Waals surface area contributed by atoms with Crippen LogP contribution in [0.1, 0.15) is 18.0 Å². The maximum Gasteiger partial charge on any atom is 0.263 e. The van der Waals surface area contributed by atoms with E-state index in [1.165, 1.54) is 11.3 Å². The zero-order chi connectivity index (χ0) is 23.7. The van der Waals surface area contributed by atoms with Crippen molar-refractivity contribution in [2.45, 2.75) is 23.4 Å². The lowest BCUT2D eigenvalue weighted by molar-refractivity contribution is -0.0261. The van der Waals surface area contributed by atoms with Crippen LogP contribution in [0.5, 0.6) is 0 Å². The molecule has 7 nitrogen and oxygen atoms in total. The normalized spacial score (nSPS) is 21.6. The summed E-state index contributed by atoms with van der Waals surface area (Å²) in [6.45, 7) is 3.89. The van der Waals surface area contributed by atoms with Crippen LogP contribution in [0.25, 0.3) is 0 Å². The van der Waals surface area contributed by atoms with Gasteiger partial charge in [0.15, 0.2) is 5.13 Å². The average molecular weight is 540 g/mol. The highest BCUT2D eigenvalue weighted by atomic mass is 35.5. The van der Waals surface area contributed by atoms with E-state index in [0.717, 1.165) is 37.3 Å². The molecule has 0 amide bonds. The number of morpholine rings is 1. The topological polar surface area (TPSA) is 74.8 Å². The number of aromatic nitrogens is 1. The van der Waals surface area contributed by atoms with E-state index in [1.807, 2.05) is 24.3 Å². The molecule has 2 saturated heterocycles. The number of sulfonamides is 1. The SMILES string of the molecule is O=S(=O)(Nc1nccs1)c1ccc(N2CC[C@H](N3CCOCC3c3cc(Cl)cc(Cl)c3)C2)cc1. The summed E-state index contributed by atoms with van der Waals surface area (Å²) < 4.78 is 33.5. The Labute approximate surface area is 213 Å². The van der Waals surface area contributed by atoms with Gasteiger partial charge < -0.3 is 9.64 Å². The lowest BCUT2D eigenvalue weighted by Crippen LogP contribution is -2.47. The van der Waals surface area contributed by atoms with Gasteiger partial charge in [-0.2, -0.15) is 0 Å². The molecule has 0 aliphatic carbocycles. The van der Waals surface area contributed by atoms with Gasteiger partial charge >= 0.3 is 0 Å². The van der Waals surface area contributed by atoms with Gasteiger partial charge in [0.05, 0.1) is 24.2 Å². The zero-order valence-corrected chi connectivity index (χ0v) is 21.4. The Morgan fingerprint density at radius 2 is 1.85 bits per heavy atom. The molecule has 2 fully saturated rings. The predicted molar refractivity (Wildman–Crippen MR) is 137 cm³/mol. The molecule has 0 bridgehead atoms. The molecule has 2 atom stereocenters. The molecular formula is C23H24Cl2N4O3S2. The number of nitrogens with one attached hydrogen (secondary N) is 1. The number of nitrogens with zero attached hydrogens (tertiary/aromatic N) is 3. The number of ether oxygens (including phenoxy) is 1. The third-order valence-electron chi connectivity index (χ3n) is 6.24. The Kier molecular flexibility index (Phi) is 7.02. The van der Waals surface area contributed by atoms with Crippen molar-refractivity contribution in [1.82, 2.24) is 9.88 Å². The highest BCUT2D eigenvalue weighted by molar-refractivity contribution is 7.93. The van der Waals surface area contributed by atoms with E-state index in [0.29, 0.717) is 34.4 Å². The van der Waals surface area contributed by atoms with Gasteiger partial charge in [-0.1, -0.05) is 23.2 Å². The van der Waals surface area contributed by atoms with Crippen LogP contribution in [0.15, 0.2) is 58.9 Å². The summed E-state index contributed by atoms with van der Waals surface area (Å²) in [4.78, 5) is 8.99. The molecule has 1 aromatic heterocycles. The zero-order valence-electron chi connectivity index (χ0n) is 18.2. The van der Waals surface area contributed by atoms with Crippen molar-refractivity contribution in [1.29, 1.82) is 0 Å². The third-order valence-corrected chi connectivity index (χ3v) is 8.85. The molecule has 2 aliphatic heterocycles. The fourth-order valence-corrected chi connectivity index (χ4v) is 6.97. The van der Waals surface area contributed by atoms with Crippen molar-refractivity contribution in [2.24, 2.45) is 0 Å². The van der Waals surface area contributed by atoms with Crippen molar-refractivity contribution < 1.29 is 13.2 Å². The molecule has 3 heterocycles. The quantitative estimate of drug-likeness (QED) is 0.480. The molecule has 2 aliphatic rings. The Morgan fingerprint density at radius 1 is 1.09 bits per heavy atom. The second kappa shape index (κ2) is 10.0. The van der Waals surface area contributed by atoms with E-state index < -0.39 is 10.0 Å².